The lowest BCUT2D eigenvalue weighted by Gasteiger charge is -2.38. The van der Waals surface area contributed by atoms with Gasteiger partial charge in [-0.1, -0.05) is 66.7 Å². The lowest BCUT2D eigenvalue weighted by atomic mass is 10.1. The normalized spacial score (nSPS) is 16.3. The van der Waals surface area contributed by atoms with Crippen molar-refractivity contribution in [2.45, 2.75) is 19.9 Å². The number of aryl methyl sites for hydroxylation is 2. The van der Waals surface area contributed by atoms with Crippen LogP contribution in [0.3, 0.4) is 0 Å². The molecule has 0 aliphatic carbocycles. The first-order chi connectivity index (χ1) is 16.7. The van der Waals surface area contributed by atoms with Crippen LogP contribution in [0.1, 0.15) is 33.4 Å². The van der Waals surface area contributed by atoms with Gasteiger partial charge in [0, 0.05) is 37.6 Å². The summed E-state index contributed by atoms with van der Waals surface area (Å²) in [7, 11) is 0. The van der Waals surface area contributed by atoms with Gasteiger partial charge in [-0.15, -0.1) is 16.4 Å². The molecular formula is C27H30N6S. The molecule has 0 N–H and O–H groups in total. The number of rotatable bonds is 7. The van der Waals surface area contributed by atoms with Gasteiger partial charge < -0.3 is 0 Å². The summed E-state index contributed by atoms with van der Waals surface area (Å²) >= 11 is 1.77. The summed E-state index contributed by atoms with van der Waals surface area (Å²) in [6, 6.07) is 21.2. The molecule has 0 spiro atoms. The molecular weight excluding hydrogens is 440 g/mol. The van der Waals surface area contributed by atoms with E-state index in [2.05, 4.69) is 117 Å². The van der Waals surface area contributed by atoms with Gasteiger partial charge in [-0.3, -0.25) is 9.80 Å². The molecule has 1 atom stereocenters. The average molecular weight is 471 g/mol. The molecule has 5 rings (SSSR count). The Bertz CT molecular complexity index is 1200. The molecule has 0 unspecified atom stereocenters. The first-order valence-electron chi connectivity index (χ1n) is 11.8. The molecule has 1 aliphatic rings. The molecule has 1 fully saturated rings. The van der Waals surface area contributed by atoms with E-state index >= 15 is 0 Å². The molecule has 0 amide bonds. The predicted octanol–water partition coefficient (Wildman–Crippen LogP) is 4.76. The van der Waals surface area contributed by atoms with Gasteiger partial charge in [-0.2, -0.15) is 4.68 Å². The van der Waals surface area contributed by atoms with Gasteiger partial charge in [0.25, 0.3) is 0 Å². The number of hydrogen-bond donors (Lipinski definition) is 0. The minimum atomic E-state index is 0.0380. The van der Waals surface area contributed by atoms with Crippen molar-refractivity contribution in [2.75, 3.05) is 32.7 Å². The van der Waals surface area contributed by atoms with Gasteiger partial charge in [-0.25, -0.2) is 0 Å². The number of aromatic nitrogens is 4. The molecule has 6 nitrogen and oxygen atoms in total. The Morgan fingerprint density at radius 3 is 2.38 bits per heavy atom. The third kappa shape index (κ3) is 4.87. The molecule has 7 heteroatoms. The molecule has 2 aromatic heterocycles. The van der Waals surface area contributed by atoms with Crippen LogP contribution in [0.25, 0.3) is 11.8 Å². The molecule has 174 valence electrons. The number of tetrazole rings is 1. The Hall–Kier alpha value is -3.13. The summed E-state index contributed by atoms with van der Waals surface area (Å²) in [5.74, 6) is 0.886. The highest BCUT2D eigenvalue weighted by molar-refractivity contribution is 7.10. The fourth-order valence-corrected chi connectivity index (χ4v) is 5.54. The van der Waals surface area contributed by atoms with Crippen LogP contribution in [0.4, 0.5) is 0 Å². The van der Waals surface area contributed by atoms with E-state index < -0.39 is 0 Å². The zero-order valence-electron chi connectivity index (χ0n) is 19.7. The molecule has 34 heavy (non-hydrogen) atoms. The monoisotopic (exact) mass is 470 g/mol. The maximum atomic E-state index is 4.55. The topological polar surface area (TPSA) is 50.1 Å². The van der Waals surface area contributed by atoms with Gasteiger partial charge in [0.2, 0.25) is 0 Å². The number of para-hydroxylation sites is 1. The largest absolute Gasteiger partial charge is 0.297 e. The van der Waals surface area contributed by atoms with E-state index in [0.717, 1.165) is 44.2 Å². The van der Waals surface area contributed by atoms with E-state index in [9.17, 15) is 0 Å². The van der Waals surface area contributed by atoms with E-state index in [1.807, 2.05) is 4.68 Å². The van der Waals surface area contributed by atoms with Crippen LogP contribution >= 0.6 is 11.3 Å². The lowest BCUT2D eigenvalue weighted by molar-refractivity contribution is 0.115. The lowest BCUT2D eigenvalue weighted by Crippen LogP contribution is -2.48. The van der Waals surface area contributed by atoms with Crippen molar-refractivity contribution >= 4 is 17.4 Å². The first-order valence-corrected chi connectivity index (χ1v) is 12.6. The smallest absolute Gasteiger partial charge is 0.179 e. The average Bonchev–Trinajstić information content (AvgIpc) is 3.55. The van der Waals surface area contributed by atoms with Gasteiger partial charge in [0.05, 0.1) is 5.69 Å². The maximum absolute atomic E-state index is 4.55. The summed E-state index contributed by atoms with van der Waals surface area (Å²) in [5.41, 5.74) is 4.67. The van der Waals surface area contributed by atoms with Crippen LogP contribution in [0.15, 0.2) is 72.1 Å². The third-order valence-electron chi connectivity index (χ3n) is 6.45. The van der Waals surface area contributed by atoms with Crippen LogP contribution in [-0.2, 0) is 0 Å². The Balaban J connectivity index is 1.35. The fraction of sp³-hybridized carbons (Fsp3) is 0.296. The second-order valence-electron chi connectivity index (χ2n) is 8.76. The van der Waals surface area contributed by atoms with Crippen LogP contribution in [0.5, 0.6) is 0 Å². The van der Waals surface area contributed by atoms with Gasteiger partial charge in [-0.05, 0) is 52.4 Å². The van der Waals surface area contributed by atoms with Crippen molar-refractivity contribution in [3.05, 3.63) is 99.5 Å². The van der Waals surface area contributed by atoms with E-state index in [-0.39, 0.29) is 6.04 Å². The predicted molar refractivity (Wildman–Crippen MR) is 138 cm³/mol. The van der Waals surface area contributed by atoms with Crippen molar-refractivity contribution in [3.63, 3.8) is 0 Å². The third-order valence-corrected chi connectivity index (χ3v) is 7.37. The SMILES string of the molecule is Cc1cccc(C)c1-n1nnnc1[C@@H](c1cccs1)N1CCN(C/C=C/c2ccccc2)CC1. The van der Waals surface area contributed by atoms with Crippen molar-refractivity contribution in [2.24, 2.45) is 0 Å². The first kappa shape index (κ1) is 22.7. The molecule has 0 radical (unpaired) electrons. The van der Waals surface area contributed by atoms with E-state index in [1.165, 1.54) is 21.6 Å². The summed E-state index contributed by atoms with van der Waals surface area (Å²) in [6.45, 7) is 9.19. The Morgan fingerprint density at radius 1 is 0.912 bits per heavy atom. The summed E-state index contributed by atoms with van der Waals surface area (Å²) in [4.78, 5) is 6.31. The summed E-state index contributed by atoms with van der Waals surface area (Å²) in [6.07, 6.45) is 4.47. The highest BCUT2D eigenvalue weighted by Crippen LogP contribution is 2.33. The minimum Gasteiger partial charge on any atom is -0.297 e. The van der Waals surface area contributed by atoms with E-state index in [4.69, 9.17) is 0 Å². The second kappa shape index (κ2) is 10.4. The van der Waals surface area contributed by atoms with Crippen molar-refractivity contribution in [3.8, 4) is 5.69 Å². The highest BCUT2D eigenvalue weighted by atomic mass is 32.1. The van der Waals surface area contributed by atoms with Crippen LogP contribution < -0.4 is 0 Å². The van der Waals surface area contributed by atoms with E-state index in [1.54, 1.807) is 11.3 Å². The number of benzene rings is 2. The van der Waals surface area contributed by atoms with Crippen molar-refractivity contribution in [1.29, 1.82) is 0 Å². The highest BCUT2D eigenvalue weighted by Gasteiger charge is 2.32. The zero-order chi connectivity index (χ0) is 23.3. The van der Waals surface area contributed by atoms with Gasteiger partial charge >= 0.3 is 0 Å². The van der Waals surface area contributed by atoms with Crippen LogP contribution in [0, 0.1) is 13.8 Å². The van der Waals surface area contributed by atoms with Gasteiger partial charge in [0.1, 0.15) is 6.04 Å². The maximum Gasteiger partial charge on any atom is 0.179 e. The summed E-state index contributed by atoms with van der Waals surface area (Å²) in [5, 5.41) is 15.2. The molecule has 1 saturated heterocycles. The van der Waals surface area contributed by atoms with Crippen molar-refractivity contribution < 1.29 is 0 Å². The number of piperazine rings is 1. The number of hydrogen-bond acceptors (Lipinski definition) is 6. The molecule has 3 heterocycles. The quantitative estimate of drug-likeness (QED) is 0.390. The van der Waals surface area contributed by atoms with Gasteiger partial charge in [0.15, 0.2) is 5.82 Å². The molecule has 0 bridgehead atoms. The fourth-order valence-electron chi connectivity index (χ4n) is 4.69. The molecule has 4 aromatic rings. The zero-order valence-corrected chi connectivity index (χ0v) is 20.5. The summed E-state index contributed by atoms with van der Waals surface area (Å²) < 4.78 is 1.95. The number of thiophene rings is 1. The minimum absolute atomic E-state index is 0.0380. The Labute approximate surface area is 205 Å². The number of nitrogens with zero attached hydrogens (tertiary/aromatic N) is 6. The van der Waals surface area contributed by atoms with Crippen LogP contribution in [-0.4, -0.2) is 62.7 Å². The Kier molecular flexibility index (Phi) is 6.94. The van der Waals surface area contributed by atoms with Crippen LogP contribution in [0.2, 0.25) is 0 Å². The Morgan fingerprint density at radius 2 is 1.68 bits per heavy atom. The molecule has 0 saturated carbocycles. The van der Waals surface area contributed by atoms with E-state index in [0.29, 0.717) is 0 Å². The molecule has 2 aromatic carbocycles. The standard InChI is InChI=1S/C27H30N6S/c1-21-9-6-10-22(2)25(21)33-27(28-29-30-33)26(24-14-8-20-34-24)32-18-16-31(17-19-32)15-7-13-23-11-4-3-5-12-23/h3-14,20,26H,15-19H2,1-2H3/b13-7+/t26-/m1/s1. The molecule has 1 aliphatic heterocycles. The van der Waals surface area contributed by atoms with Crippen molar-refractivity contribution in [1.82, 2.24) is 30.0 Å². The second-order valence-corrected chi connectivity index (χ2v) is 9.74.